The van der Waals surface area contributed by atoms with Crippen molar-refractivity contribution in [1.29, 1.82) is 0 Å². The fourth-order valence-corrected chi connectivity index (χ4v) is 3.79. The first kappa shape index (κ1) is 23.3. The molecule has 1 saturated heterocycles. The summed E-state index contributed by atoms with van der Waals surface area (Å²) in [6.07, 6.45) is 3.01. The van der Waals surface area contributed by atoms with Gasteiger partial charge in [-0.2, -0.15) is 0 Å². The average molecular weight is 438 g/mol. The Bertz CT molecular complexity index is 919. The van der Waals surface area contributed by atoms with Crippen LogP contribution in [0.3, 0.4) is 0 Å². The Morgan fingerprint density at radius 2 is 1.72 bits per heavy atom. The van der Waals surface area contributed by atoms with Crippen LogP contribution in [-0.4, -0.2) is 55.0 Å². The highest BCUT2D eigenvalue weighted by Gasteiger charge is 2.24. The molecule has 1 aliphatic rings. The highest BCUT2D eigenvalue weighted by atomic mass is 16.2. The minimum Gasteiger partial charge on any atom is -0.352 e. The molecule has 0 aromatic heterocycles. The lowest BCUT2D eigenvalue weighted by molar-refractivity contribution is -0.118. The summed E-state index contributed by atoms with van der Waals surface area (Å²) < 4.78 is 0. The van der Waals surface area contributed by atoms with Crippen molar-refractivity contribution in [3.05, 3.63) is 60.2 Å². The maximum Gasteiger partial charge on any atom is 0.319 e. The Morgan fingerprint density at radius 1 is 0.938 bits per heavy atom. The molecule has 1 unspecified atom stereocenters. The smallest absolute Gasteiger partial charge is 0.319 e. The molecule has 2 aromatic rings. The van der Waals surface area contributed by atoms with E-state index in [2.05, 4.69) is 26.2 Å². The second kappa shape index (κ2) is 11.9. The quantitative estimate of drug-likeness (QED) is 0.510. The van der Waals surface area contributed by atoms with Crippen LogP contribution in [0.25, 0.3) is 0 Å². The number of carbonyl (C=O) groups excluding carboxylic acids is 3. The highest BCUT2D eigenvalue weighted by molar-refractivity contribution is 5.97. The number of para-hydroxylation sites is 1. The molecule has 32 heavy (non-hydrogen) atoms. The number of benzene rings is 2. The van der Waals surface area contributed by atoms with Crippen LogP contribution in [0.2, 0.25) is 0 Å². The summed E-state index contributed by atoms with van der Waals surface area (Å²) >= 11 is 0. The summed E-state index contributed by atoms with van der Waals surface area (Å²) in [5.41, 5.74) is 1.83. The van der Waals surface area contributed by atoms with Crippen LogP contribution in [0.4, 0.5) is 16.2 Å². The van der Waals surface area contributed by atoms with Crippen molar-refractivity contribution in [3.63, 3.8) is 0 Å². The SMILES string of the molecule is CCNC(=O)c1cccc(NC(=O)CN2CCCCC2CNC(=O)Nc2ccccc2)c1. The Labute approximate surface area is 188 Å². The van der Waals surface area contributed by atoms with Crippen molar-refractivity contribution in [2.75, 3.05) is 36.8 Å². The summed E-state index contributed by atoms with van der Waals surface area (Å²) in [5, 5.41) is 11.4. The number of hydrogen-bond acceptors (Lipinski definition) is 4. The van der Waals surface area contributed by atoms with E-state index in [4.69, 9.17) is 0 Å². The van der Waals surface area contributed by atoms with E-state index in [1.165, 1.54) is 0 Å². The van der Waals surface area contributed by atoms with Crippen molar-refractivity contribution in [3.8, 4) is 0 Å². The molecule has 4 N–H and O–H groups in total. The Hall–Kier alpha value is -3.39. The highest BCUT2D eigenvalue weighted by Crippen LogP contribution is 2.17. The van der Waals surface area contributed by atoms with E-state index in [9.17, 15) is 14.4 Å². The molecule has 3 rings (SSSR count). The summed E-state index contributed by atoms with van der Waals surface area (Å²) in [4.78, 5) is 39.0. The van der Waals surface area contributed by atoms with E-state index < -0.39 is 0 Å². The van der Waals surface area contributed by atoms with Gasteiger partial charge in [-0.3, -0.25) is 14.5 Å². The number of anilines is 2. The van der Waals surface area contributed by atoms with Gasteiger partial charge in [0.1, 0.15) is 0 Å². The minimum atomic E-state index is -0.256. The number of amides is 4. The third-order valence-electron chi connectivity index (χ3n) is 5.37. The first-order chi connectivity index (χ1) is 15.5. The number of piperidine rings is 1. The van der Waals surface area contributed by atoms with Crippen molar-refractivity contribution >= 4 is 29.2 Å². The summed E-state index contributed by atoms with van der Waals surface area (Å²) in [6, 6.07) is 16.0. The van der Waals surface area contributed by atoms with Gasteiger partial charge in [-0.15, -0.1) is 0 Å². The molecule has 1 aliphatic heterocycles. The molecule has 1 atom stereocenters. The van der Waals surface area contributed by atoms with Gasteiger partial charge >= 0.3 is 6.03 Å². The Balaban J connectivity index is 1.51. The normalized spacial score (nSPS) is 16.1. The van der Waals surface area contributed by atoms with E-state index >= 15 is 0 Å². The van der Waals surface area contributed by atoms with Crippen LogP contribution in [0.15, 0.2) is 54.6 Å². The largest absolute Gasteiger partial charge is 0.352 e. The van der Waals surface area contributed by atoms with Gasteiger partial charge in [-0.1, -0.05) is 30.7 Å². The molecule has 8 heteroatoms. The predicted octanol–water partition coefficient (Wildman–Crippen LogP) is 3.05. The van der Waals surface area contributed by atoms with Crippen LogP contribution in [0.1, 0.15) is 36.5 Å². The van der Waals surface area contributed by atoms with Crippen LogP contribution < -0.4 is 21.3 Å². The van der Waals surface area contributed by atoms with Gasteiger partial charge in [0.2, 0.25) is 5.91 Å². The van der Waals surface area contributed by atoms with Crippen molar-refractivity contribution in [1.82, 2.24) is 15.5 Å². The van der Waals surface area contributed by atoms with Crippen LogP contribution in [0.5, 0.6) is 0 Å². The molecule has 8 nitrogen and oxygen atoms in total. The number of urea groups is 1. The van der Waals surface area contributed by atoms with E-state index in [0.717, 1.165) is 31.5 Å². The Morgan fingerprint density at radius 3 is 2.50 bits per heavy atom. The van der Waals surface area contributed by atoms with Crippen LogP contribution in [0, 0.1) is 0 Å². The summed E-state index contributed by atoms with van der Waals surface area (Å²) in [7, 11) is 0. The number of carbonyl (C=O) groups is 3. The lowest BCUT2D eigenvalue weighted by atomic mass is 10.0. The molecule has 4 amide bonds. The molecular formula is C24H31N5O3. The monoisotopic (exact) mass is 437 g/mol. The number of rotatable bonds is 8. The summed E-state index contributed by atoms with van der Waals surface area (Å²) in [5.74, 6) is -0.307. The fourth-order valence-electron chi connectivity index (χ4n) is 3.79. The molecular weight excluding hydrogens is 406 g/mol. The maximum atomic E-state index is 12.7. The average Bonchev–Trinajstić information content (AvgIpc) is 2.79. The van der Waals surface area contributed by atoms with Crippen LogP contribution >= 0.6 is 0 Å². The zero-order valence-electron chi connectivity index (χ0n) is 18.4. The molecule has 170 valence electrons. The minimum absolute atomic E-state index is 0.0951. The number of nitrogens with one attached hydrogen (secondary N) is 4. The third kappa shape index (κ3) is 7.09. The first-order valence-corrected chi connectivity index (χ1v) is 11.1. The van der Waals surface area contributed by atoms with Gasteiger partial charge in [0, 0.05) is 36.1 Å². The van der Waals surface area contributed by atoms with E-state index in [-0.39, 0.29) is 30.4 Å². The van der Waals surface area contributed by atoms with Gasteiger partial charge in [0.15, 0.2) is 0 Å². The molecule has 0 bridgehead atoms. The topological polar surface area (TPSA) is 103 Å². The zero-order chi connectivity index (χ0) is 22.8. The number of nitrogens with zero attached hydrogens (tertiary/aromatic N) is 1. The maximum absolute atomic E-state index is 12.7. The van der Waals surface area contributed by atoms with E-state index in [0.29, 0.717) is 24.3 Å². The Kier molecular flexibility index (Phi) is 8.62. The first-order valence-electron chi connectivity index (χ1n) is 11.1. The zero-order valence-corrected chi connectivity index (χ0v) is 18.4. The molecule has 0 saturated carbocycles. The fraction of sp³-hybridized carbons (Fsp3) is 0.375. The van der Waals surface area contributed by atoms with Gasteiger partial charge < -0.3 is 21.3 Å². The van der Waals surface area contributed by atoms with Crippen LogP contribution in [-0.2, 0) is 4.79 Å². The van der Waals surface area contributed by atoms with Gasteiger partial charge in [-0.25, -0.2) is 4.79 Å². The number of hydrogen-bond donors (Lipinski definition) is 4. The second-order valence-corrected chi connectivity index (χ2v) is 7.81. The van der Waals surface area contributed by atoms with Gasteiger partial charge in [-0.05, 0) is 56.6 Å². The van der Waals surface area contributed by atoms with Crippen molar-refractivity contribution in [2.24, 2.45) is 0 Å². The lowest BCUT2D eigenvalue weighted by Crippen LogP contribution is -2.49. The second-order valence-electron chi connectivity index (χ2n) is 7.81. The summed E-state index contributed by atoms with van der Waals surface area (Å²) in [6.45, 7) is 3.91. The third-order valence-corrected chi connectivity index (χ3v) is 5.37. The van der Waals surface area contributed by atoms with Gasteiger partial charge in [0.25, 0.3) is 5.91 Å². The molecule has 0 aliphatic carbocycles. The molecule has 0 radical (unpaired) electrons. The predicted molar refractivity (Wildman–Crippen MR) is 126 cm³/mol. The van der Waals surface area contributed by atoms with E-state index in [1.54, 1.807) is 24.3 Å². The van der Waals surface area contributed by atoms with Crippen molar-refractivity contribution in [2.45, 2.75) is 32.2 Å². The number of likely N-dealkylation sites (tertiary alicyclic amines) is 1. The standard InChI is InChI=1S/C24H31N5O3/c1-2-25-23(31)18-9-8-12-20(15-18)27-22(30)17-29-14-7-6-13-21(29)16-26-24(32)28-19-10-4-3-5-11-19/h3-5,8-12,15,21H,2,6-7,13-14,16-17H2,1H3,(H,25,31)(H,27,30)(H2,26,28,32). The molecule has 1 fully saturated rings. The molecule has 0 spiro atoms. The molecule has 1 heterocycles. The van der Waals surface area contributed by atoms with Gasteiger partial charge in [0.05, 0.1) is 6.54 Å². The lowest BCUT2D eigenvalue weighted by Gasteiger charge is -2.35. The van der Waals surface area contributed by atoms with E-state index in [1.807, 2.05) is 37.3 Å². The van der Waals surface area contributed by atoms with Crippen molar-refractivity contribution < 1.29 is 14.4 Å². The molecule has 2 aromatic carbocycles.